The van der Waals surface area contributed by atoms with Gasteiger partial charge in [0.05, 0.1) is 25.6 Å². The van der Waals surface area contributed by atoms with Crippen LogP contribution in [0.15, 0.2) is 6.33 Å². The lowest BCUT2D eigenvalue weighted by Gasteiger charge is -2.32. The predicted molar refractivity (Wildman–Crippen MR) is 106 cm³/mol. The van der Waals surface area contributed by atoms with Crippen LogP contribution in [-0.2, 0) is 18.3 Å². The average molecular weight is 426 g/mol. The highest BCUT2D eigenvalue weighted by molar-refractivity contribution is 7.47. The van der Waals surface area contributed by atoms with E-state index in [2.05, 4.69) is 19.9 Å². The zero-order valence-corrected chi connectivity index (χ0v) is 17.5. The van der Waals surface area contributed by atoms with Crippen molar-refractivity contribution in [2.45, 2.75) is 45.4 Å². The predicted octanol–water partition coefficient (Wildman–Crippen LogP) is 2.09. The van der Waals surface area contributed by atoms with E-state index >= 15 is 0 Å². The van der Waals surface area contributed by atoms with Crippen molar-refractivity contribution in [2.75, 3.05) is 36.9 Å². The normalized spacial score (nSPS) is 26.6. The van der Waals surface area contributed by atoms with Crippen LogP contribution in [-0.4, -0.2) is 56.8 Å². The minimum absolute atomic E-state index is 0.0267. The molecule has 0 radical (unpaired) electrons. The van der Waals surface area contributed by atoms with Gasteiger partial charge >= 0.3 is 7.82 Å². The van der Waals surface area contributed by atoms with E-state index in [0.717, 1.165) is 25.3 Å². The number of imidazole rings is 1. The van der Waals surface area contributed by atoms with Gasteiger partial charge in [-0.3, -0.25) is 13.6 Å². The fourth-order valence-corrected chi connectivity index (χ4v) is 4.48. The van der Waals surface area contributed by atoms with Gasteiger partial charge in [-0.25, -0.2) is 9.55 Å². The third-order valence-corrected chi connectivity index (χ3v) is 6.17. The summed E-state index contributed by atoms with van der Waals surface area (Å²) >= 11 is 0. The number of fused-ring (bicyclic) bond motifs is 1. The number of ether oxygens (including phenoxy) is 1. The molecule has 0 spiro atoms. The fraction of sp³-hybridized carbons (Fsp3) is 0.706. The Morgan fingerprint density at radius 2 is 2.17 bits per heavy atom. The number of nitrogens with zero attached hydrogens (tertiary/aromatic N) is 5. The fourth-order valence-electron chi connectivity index (χ4n) is 3.64. The highest BCUT2D eigenvalue weighted by Crippen LogP contribution is 2.45. The molecule has 0 saturated carbocycles. The van der Waals surface area contributed by atoms with Gasteiger partial charge in [0.25, 0.3) is 0 Å². The number of hydrogen-bond donors (Lipinski definition) is 2. The highest BCUT2D eigenvalue weighted by Gasteiger charge is 2.37. The Morgan fingerprint density at radius 3 is 2.86 bits per heavy atom. The maximum atomic E-state index is 11.9. The Kier molecular flexibility index (Phi) is 5.76. The van der Waals surface area contributed by atoms with Crippen LogP contribution in [0, 0.1) is 5.92 Å². The van der Waals surface area contributed by atoms with Gasteiger partial charge in [-0.05, 0) is 19.3 Å². The molecule has 0 amide bonds. The SMILES string of the molecule is CCCOP(=O)(O)OCC1CC(C)C(n2cnc3c(N4CCC4)nc(N)nc32)O1. The van der Waals surface area contributed by atoms with Crippen molar-refractivity contribution in [3.8, 4) is 0 Å². The van der Waals surface area contributed by atoms with Gasteiger partial charge in [0.2, 0.25) is 5.95 Å². The molecule has 2 aromatic heterocycles. The first-order chi connectivity index (χ1) is 13.9. The van der Waals surface area contributed by atoms with Crippen molar-refractivity contribution in [1.29, 1.82) is 0 Å². The number of anilines is 2. The molecule has 2 aliphatic rings. The molecular formula is C17H27N6O5P. The highest BCUT2D eigenvalue weighted by atomic mass is 31.2. The molecule has 4 rings (SSSR count). The number of rotatable bonds is 8. The second kappa shape index (κ2) is 8.16. The van der Waals surface area contributed by atoms with Crippen LogP contribution in [0.5, 0.6) is 0 Å². The first-order valence-corrected chi connectivity index (χ1v) is 11.4. The molecule has 3 N–H and O–H groups in total. The van der Waals surface area contributed by atoms with Gasteiger partial charge in [0.1, 0.15) is 6.23 Å². The summed E-state index contributed by atoms with van der Waals surface area (Å²) in [5, 5.41) is 0. The van der Waals surface area contributed by atoms with Gasteiger partial charge in [0, 0.05) is 19.0 Å². The maximum Gasteiger partial charge on any atom is 0.472 e. The van der Waals surface area contributed by atoms with Gasteiger partial charge in [-0.2, -0.15) is 9.97 Å². The molecule has 160 valence electrons. The monoisotopic (exact) mass is 426 g/mol. The van der Waals surface area contributed by atoms with Crippen LogP contribution in [0.3, 0.4) is 0 Å². The van der Waals surface area contributed by atoms with Crippen molar-refractivity contribution in [3.05, 3.63) is 6.33 Å². The van der Waals surface area contributed by atoms with Crippen LogP contribution in [0.4, 0.5) is 11.8 Å². The van der Waals surface area contributed by atoms with E-state index in [4.69, 9.17) is 19.5 Å². The third kappa shape index (κ3) is 4.24. The summed E-state index contributed by atoms with van der Waals surface area (Å²) < 4.78 is 29.8. The molecule has 4 unspecified atom stereocenters. The number of aromatic nitrogens is 4. The van der Waals surface area contributed by atoms with E-state index < -0.39 is 7.82 Å². The number of phosphoric acid groups is 1. The van der Waals surface area contributed by atoms with Gasteiger partial charge in [0.15, 0.2) is 17.0 Å². The molecular weight excluding hydrogens is 399 g/mol. The van der Waals surface area contributed by atoms with Crippen LogP contribution in [0.2, 0.25) is 0 Å². The van der Waals surface area contributed by atoms with Gasteiger partial charge in [-0.15, -0.1) is 0 Å². The lowest BCUT2D eigenvalue weighted by Crippen LogP contribution is -2.38. The smallest absolute Gasteiger partial charge is 0.368 e. The molecule has 4 heterocycles. The Balaban J connectivity index is 1.49. The first kappa shape index (κ1) is 20.5. The van der Waals surface area contributed by atoms with E-state index in [0.29, 0.717) is 24.0 Å². The summed E-state index contributed by atoms with van der Waals surface area (Å²) in [4.78, 5) is 25.1. The lowest BCUT2D eigenvalue weighted by atomic mass is 10.1. The summed E-state index contributed by atoms with van der Waals surface area (Å²) in [7, 11) is -4.06. The summed E-state index contributed by atoms with van der Waals surface area (Å²) in [6, 6.07) is 0. The van der Waals surface area contributed by atoms with Crippen molar-refractivity contribution >= 4 is 30.8 Å². The summed E-state index contributed by atoms with van der Waals surface area (Å²) in [6.45, 7) is 5.89. The van der Waals surface area contributed by atoms with Crippen molar-refractivity contribution in [3.63, 3.8) is 0 Å². The maximum absolute atomic E-state index is 11.9. The van der Waals surface area contributed by atoms with E-state index in [-0.39, 0.29) is 37.4 Å². The number of nitrogen functional groups attached to an aromatic ring is 1. The molecule has 0 bridgehead atoms. The molecule has 0 aromatic carbocycles. The van der Waals surface area contributed by atoms with Crippen molar-refractivity contribution < 1.29 is 23.2 Å². The molecule has 2 saturated heterocycles. The van der Waals surface area contributed by atoms with E-state index in [1.54, 1.807) is 6.33 Å². The average Bonchev–Trinajstić information content (AvgIpc) is 3.20. The number of hydrogen-bond acceptors (Lipinski definition) is 9. The quantitative estimate of drug-likeness (QED) is 0.603. The Morgan fingerprint density at radius 1 is 1.38 bits per heavy atom. The first-order valence-electron chi connectivity index (χ1n) is 9.90. The summed E-state index contributed by atoms with van der Waals surface area (Å²) in [5.74, 6) is 1.07. The summed E-state index contributed by atoms with van der Waals surface area (Å²) in [6.07, 6.45) is 3.43. The molecule has 4 atom stereocenters. The zero-order valence-electron chi connectivity index (χ0n) is 16.6. The molecule has 11 nitrogen and oxygen atoms in total. The zero-order chi connectivity index (χ0) is 20.6. The van der Waals surface area contributed by atoms with Crippen LogP contribution >= 0.6 is 7.82 Å². The largest absolute Gasteiger partial charge is 0.472 e. The molecule has 2 aromatic rings. The topological polar surface area (TPSA) is 138 Å². The van der Waals surface area contributed by atoms with Gasteiger partial charge < -0.3 is 20.3 Å². The van der Waals surface area contributed by atoms with Crippen molar-refractivity contribution in [2.24, 2.45) is 5.92 Å². The molecule has 29 heavy (non-hydrogen) atoms. The molecule has 12 heteroatoms. The van der Waals surface area contributed by atoms with E-state index in [1.807, 2.05) is 18.4 Å². The Bertz CT molecular complexity index is 919. The number of phosphoric ester groups is 1. The van der Waals surface area contributed by atoms with Gasteiger partial charge in [-0.1, -0.05) is 13.8 Å². The van der Waals surface area contributed by atoms with E-state index in [1.165, 1.54) is 0 Å². The molecule has 0 aliphatic carbocycles. The summed E-state index contributed by atoms with van der Waals surface area (Å²) in [5.41, 5.74) is 7.26. The Labute approximate surface area is 168 Å². The second-order valence-corrected chi connectivity index (χ2v) is 8.98. The lowest BCUT2D eigenvalue weighted by molar-refractivity contribution is -0.0305. The van der Waals surface area contributed by atoms with Crippen LogP contribution in [0.1, 0.15) is 39.3 Å². The third-order valence-electron chi connectivity index (χ3n) is 5.19. The molecule has 2 fully saturated rings. The van der Waals surface area contributed by atoms with E-state index in [9.17, 15) is 9.46 Å². The minimum Gasteiger partial charge on any atom is -0.368 e. The number of nitrogens with two attached hydrogens (primary N) is 1. The second-order valence-electron chi connectivity index (χ2n) is 7.53. The minimum atomic E-state index is -4.06. The standard InChI is InChI=1S/C17H27N6O5P/c1-3-7-26-29(24,25)27-9-12-8-11(2)16(28-12)23-10-19-13-14(22-5-4-6-22)20-17(18)21-15(13)23/h10-12,16H,3-9H2,1-2H3,(H,24,25)(H2,18,20,21). The van der Waals surface area contributed by atoms with Crippen LogP contribution < -0.4 is 10.6 Å². The Hall–Kier alpha value is -1.78. The van der Waals surface area contributed by atoms with Crippen molar-refractivity contribution in [1.82, 2.24) is 19.5 Å². The molecule has 2 aliphatic heterocycles. The van der Waals surface area contributed by atoms with Crippen LogP contribution in [0.25, 0.3) is 11.2 Å².